The van der Waals surface area contributed by atoms with Crippen LogP contribution in [-0.4, -0.2) is 68.2 Å². The molecule has 1 heterocycles. The Morgan fingerprint density at radius 2 is 2.13 bits per heavy atom. The molecule has 1 fully saturated rings. The van der Waals surface area contributed by atoms with E-state index in [1.54, 1.807) is 19.2 Å². The van der Waals surface area contributed by atoms with E-state index in [-0.39, 0.29) is 36.0 Å². The molecule has 0 radical (unpaired) electrons. The molecule has 1 aromatic rings. The molecule has 2 atom stereocenters. The highest BCUT2D eigenvalue weighted by Gasteiger charge is 2.29. The molecule has 0 bridgehead atoms. The molecular weight excluding hydrogens is 409 g/mol. The summed E-state index contributed by atoms with van der Waals surface area (Å²) in [5.41, 5.74) is 0.136. The Bertz CT molecular complexity index is 733. The van der Waals surface area contributed by atoms with E-state index in [1.807, 2.05) is 27.7 Å². The minimum atomic E-state index is -0.346. The molecule has 0 aliphatic carbocycles. The van der Waals surface area contributed by atoms with Crippen molar-refractivity contribution >= 4 is 23.5 Å². The van der Waals surface area contributed by atoms with Crippen LogP contribution in [0.1, 0.15) is 39.3 Å². The summed E-state index contributed by atoms with van der Waals surface area (Å²) >= 11 is 6.37. The van der Waals surface area contributed by atoms with Crippen LogP contribution in [0.3, 0.4) is 0 Å². The number of rotatable bonds is 6. The van der Waals surface area contributed by atoms with Crippen molar-refractivity contribution in [2.45, 2.75) is 45.4 Å². The SMILES string of the molecule is CN=C(NCC(=O)NC(C)(C)C)NCC(c1c(F)cccc1Cl)N1CCOC(C)C1. The number of guanidine groups is 1. The van der Waals surface area contributed by atoms with E-state index in [9.17, 15) is 9.18 Å². The van der Waals surface area contributed by atoms with E-state index >= 15 is 0 Å². The van der Waals surface area contributed by atoms with Crippen LogP contribution in [0.4, 0.5) is 4.39 Å². The maximum atomic E-state index is 14.7. The molecule has 1 aromatic carbocycles. The first-order valence-corrected chi connectivity index (χ1v) is 10.5. The molecule has 0 spiro atoms. The molecule has 1 aliphatic heterocycles. The van der Waals surface area contributed by atoms with Gasteiger partial charge in [-0.3, -0.25) is 14.7 Å². The van der Waals surface area contributed by atoms with E-state index in [4.69, 9.17) is 16.3 Å². The lowest BCUT2D eigenvalue weighted by Gasteiger charge is -2.38. The number of amides is 1. The average Bonchev–Trinajstić information content (AvgIpc) is 2.64. The lowest BCUT2D eigenvalue weighted by atomic mass is 10.0. The zero-order valence-electron chi connectivity index (χ0n) is 18.4. The van der Waals surface area contributed by atoms with Gasteiger partial charge in [-0.05, 0) is 39.8 Å². The van der Waals surface area contributed by atoms with Crippen LogP contribution in [-0.2, 0) is 9.53 Å². The van der Waals surface area contributed by atoms with Gasteiger partial charge in [-0.25, -0.2) is 4.39 Å². The van der Waals surface area contributed by atoms with Crippen LogP contribution < -0.4 is 16.0 Å². The molecule has 1 saturated heterocycles. The third kappa shape index (κ3) is 7.41. The van der Waals surface area contributed by atoms with Gasteiger partial charge in [0.15, 0.2) is 5.96 Å². The van der Waals surface area contributed by atoms with E-state index in [0.29, 0.717) is 42.8 Å². The van der Waals surface area contributed by atoms with Crippen molar-refractivity contribution in [2.75, 3.05) is 39.8 Å². The summed E-state index contributed by atoms with van der Waals surface area (Å²) in [5.74, 6) is -0.0278. The van der Waals surface area contributed by atoms with Crippen molar-refractivity contribution in [3.63, 3.8) is 0 Å². The van der Waals surface area contributed by atoms with Gasteiger partial charge in [0.05, 0.1) is 25.3 Å². The van der Waals surface area contributed by atoms with Crippen molar-refractivity contribution < 1.29 is 13.9 Å². The van der Waals surface area contributed by atoms with E-state index in [1.165, 1.54) is 6.07 Å². The highest BCUT2D eigenvalue weighted by Crippen LogP contribution is 2.31. The number of carbonyl (C=O) groups is 1. The second-order valence-corrected chi connectivity index (χ2v) is 8.84. The first-order valence-electron chi connectivity index (χ1n) is 10.2. The highest BCUT2D eigenvalue weighted by molar-refractivity contribution is 6.31. The maximum Gasteiger partial charge on any atom is 0.239 e. The fourth-order valence-electron chi connectivity index (χ4n) is 3.41. The van der Waals surface area contributed by atoms with Crippen LogP contribution in [0.5, 0.6) is 0 Å². The van der Waals surface area contributed by atoms with Crippen molar-refractivity contribution in [1.29, 1.82) is 0 Å². The van der Waals surface area contributed by atoms with Crippen molar-refractivity contribution in [3.05, 3.63) is 34.6 Å². The lowest BCUT2D eigenvalue weighted by Crippen LogP contribution is -2.50. The molecule has 0 aromatic heterocycles. The smallest absolute Gasteiger partial charge is 0.239 e. The van der Waals surface area contributed by atoms with Crippen LogP contribution in [0, 0.1) is 5.82 Å². The molecule has 2 unspecified atom stereocenters. The molecule has 0 saturated carbocycles. The monoisotopic (exact) mass is 441 g/mol. The Balaban J connectivity index is 2.09. The van der Waals surface area contributed by atoms with Gasteiger partial charge in [-0.2, -0.15) is 0 Å². The molecule has 3 N–H and O–H groups in total. The Morgan fingerprint density at radius 3 is 2.73 bits per heavy atom. The molecular formula is C21H33ClFN5O2. The summed E-state index contributed by atoms with van der Waals surface area (Å²) < 4.78 is 20.3. The first-order chi connectivity index (χ1) is 14.1. The number of aliphatic imine (C=N–C) groups is 1. The van der Waals surface area contributed by atoms with Crippen LogP contribution in [0.2, 0.25) is 5.02 Å². The van der Waals surface area contributed by atoms with Gasteiger partial charge in [0, 0.05) is 42.8 Å². The summed E-state index contributed by atoms with van der Waals surface area (Å²) in [5, 5.41) is 9.47. The molecule has 30 heavy (non-hydrogen) atoms. The number of halogens is 2. The number of hydrogen-bond donors (Lipinski definition) is 3. The lowest BCUT2D eigenvalue weighted by molar-refractivity contribution is -0.121. The third-order valence-corrected chi connectivity index (χ3v) is 4.99. The number of carbonyl (C=O) groups excluding carboxylic acids is 1. The number of hydrogen-bond acceptors (Lipinski definition) is 4. The van der Waals surface area contributed by atoms with Crippen molar-refractivity contribution in [1.82, 2.24) is 20.9 Å². The zero-order valence-corrected chi connectivity index (χ0v) is 19.1. The summed E-state index contributed by atoms with van der Waals surface area (Å²) in [6.45, 7) is 10.1. The summed E-state index contributed by atoms with van der Waals surface area (Å²) in [7, 11) is 1.62. The molecule has 9 heteroatoms. The van der Waals surface area contributed by atoms with Crippen LogP contribution in [0.15, 0.2) is 23.2 Å². The molecule has 1 aliphatic rings. The summed E-state index contributed by atoms with van der Waals surface area (Å²) in [6.07, 6.45) is 0.0466. The van der Waals surface area contributed by atoms with E-state index < -0.39 is 0 Å². The standard InChI is InChI=1S/C21H33ClFN5O2/c1-14-13-28(9-10-30-14)17(19-15(22)7-6-8-16(19)23)11-25-20(24-5)26-12-18(29)27-21(2,3)4/h6-8,14,17H,9-13H2,1-5H3,(H,27,29)(H2,24,25,26). The van der Waals surface area contributed by atoms with Gasteiger partial charge in [-0.1, -0.05) is 17.7 Å². The van der Waals surface area contributed by atoms with Crippen molar-refractivity contribution in [3.8, 4) is 0 Å². The maximum absolute atomic E-state index is 14.7. The highest BCUT2D eigenvalue weighted by atomic mass is 35.5. The minimum Gasteiger partial charge on any atom is -0.376 e. The quantitative estimate of drug-likeness (QED) is 0.466. The molecule has 1 amide bonds. The van der Waals surface area contributed by atoms with E-state index in [2.05, 4.69) is 25.8 Å². The number of nitrogens with one attached hydrogen (secondary N) is 3. The number of morpholine rings is 1. The van der Waals surface area contributed by atoms with Gasteiger partial charge >= 0.3 is 0 Å². The van der Waals surface area contributed by atoms with Gasteiger partial charge in [0.25, 0.3) is 0 Å². The number of nitrogens with zero attached hydrogens (tertiary/aromatic N) is 2. The topological polar surface area (TPSA) is 78.0 Å². The van der Waals surface area contributed by atoms with E-state index in [0.717, 1.165) is 0 Å². The van der Waals surface area contributed by atoms with Gasteiger partial charge in [0.1, 0.15) is 5.82 Å². The Labute approximate surface area is 183 Å². The predicted octanol–water partition coefficient (Wildman–Crippen LogP) is 2.32. The summed E-state index contributed by atoms with van der Waals surface area (Å²) in [6, 6.07) is 4.40. The molecule has 2 rings (SSSR count). The Kier molecular flexibility index (Phi) is 8.88. The third-order valence-electron chi connectivity index (χ3n) is 4.66. The fraction of sp³-hybridized carbons (Fsp3) is 0.619. The van der Waals surface area contributed by atoms with Gasteiger partial charge in [0.2, 0.25) is 5.91 Å². The first kappa shape index (κ1) is 24.4. The largest absolute Gasteiger partial charge is 0.376 e. The van der Waals surface area contributed by atoms with Gasteiger partial charge in [-0.15, -0.1) is 0 Å². The van der Waals surface area contributed by atoms with Crippen LogP contribution >= 0.6 is 11.6 Å². The molecule has 7 nitrogen and oxygen atoms in total. The number of ether oxygens (including phenoxy) is 1. The van der Waals surface area contributed by atoms with Gasteiger partial charge < -0.3 is 20.7 Å². The zero-order chi connectivity index (χ0) is 22.3. The Hall–Kier alpha value is -1.90. The van der Waals surface area contributed by atoms with Crippen molar-refractivity contribution in [2.24, 2.45) is 4.99 Å². The summed E-state index contributed by atoms with van der Waals surface area (Å²) in [4.78, 5) is 18.4. The van der Waals surface area contributed by atoms with Crippen LogP contribution in [0.25, 0.3) is 0 Å². The molecule has 168 valence electrons. The Morgan fingerprint density at radius 1 is 1.40 bits per heavy atom. The second-order valence-electron chi connectivity index (χ2n) is 8.43. The average molecular weight is 442 g/mol. The fourth-order valence-corrected chi connectivity index (χ4v) is 3.70. The number of benzene rings is 1. The predicted molar refractivity (Wildman–Crippen MR) is 118 cm³/mol. The minimum absolute atomic E-state index is 0.0466. The second kappa shape index (κ2) is 10.9. The normalized spacial score (nSPS) is 19.3.